The fourth-order valence-corrected chi connectivity index (χ4v) is 1.82. The van der Waals surface area contributed by atoms with Crippen LogP contribution in [0.2, 0.25) is 0 Å². The lowest BCUT2D eigenvalue weighted by Crippen LogP contribution is -2.29. The van der Waals surface area contributed by atoms with Crippen LogP contribution in [0.4, 0.5) is 0 Å². The molecule has 0 atom stereocenters. The first-order valence-electron chi connectivity index (χ1n) is 6.99. The molecule has 0 saturated carbocycles. The molecule has 0 fully saturated rings. The van der Waals surface area contributed by atoms with Crippen molar-refractivity contribution in [1.82, 2.24) is 25.5 Å². The monoisotopic (exact) mass is 293 g/mol. The predicted molar refractivity (Wildman–Crippen MR) is 74.1 cm³/mol. The highest BCUT2D eigenvalue weighted by atomic mass is 16.3. The van der Waals surface area contributed by atoms with Gasteiger partial charge in [0.15, 0.2) is 5.76 Å². The Morgan fingerprint density at radius 2 is 2.19 bits per heavy atom. The summed E-state index contributed by atoms with van der Waals surface area (Å²) >= 11 is 0. The van der Waals surface area contributed by atoms with Crippen molar-refractivity contribution in [2.75, 3.05) is 13.2 Å². The Balaban J connectivity index is 1.68. The minimum Gasteiger partial charge on any atom is -0.461 e. The molecule has 2 heterocycles. The van der Waals surface area contributed by atoms with E-state index >= 15 is 0 Å². The molecular weight excluding hydrogens is 274 g/mol. The highest BCUT2D eigenvalue weighted by Crippen LogP contribution is 2.12. The number of hydrogen-bond acceptors (Lipinski definition) is 6. The van der Waals surface area contributed by atoms with Gasteiger partial charge >= 0.3 is 0 Å². The minimum absolute atomic E-state index is 0.0321. The zero-order chi connectivity index (χ0) is 14.9. The van der Waals surface area contributed by atoms with Gasteiger partial charge in [0.1, 0.15) is 6.54 Å². The van der Waals surface area contributed by atoms with Crippen LogP contribution in [0.5, 0.6) is 0 Å². The Bertz CT molecular complexity index is 538. The maximum absolute atomic E-state index is 11.7. The Hall–Kier alpha value is -2.22. The van der Waals surface area contributed by atoms with E-state index < -0.39 is 0 Å². The third-order valence-electron chi connectivity index (χ3n) is 2.89. The summed E-state index contributed by atoms with van der Waals surface area (Å²) in [7, 11) is 0. The highest BCUT2D eigenvalue weighted by Gasteiger charge is 2.10. The van der Waals surface area contributed by atoms with Crippen LogP contribution in [-0.4, -0.2) is 44.4 Å². The van der Waals surface area contributed by atoms with Gasteiger partial charge in [0.25, 0.3) is 0 Å². The molecule has 2 aromatic heterocycles. The molecule has 0 aliphatic rings. The molecule has 0 bridgehead atoms. The molecule has 2 N–H and O–H groups in total. The van der Waals surface area contributed by atoms with Crippen molar-refractivity contribution >= 4 is 5.91 Å². The second kappa shape index (κ2) is 8.15. The zero-order valence-electron chi connectivity index (χ0n) is 11.7. The van der Waals surface area contributed by atoms with Crippen LogP contribution in [-0.2, 0) is 11.3 Å². The number of nitrogens with zero attached hydrogens (tertiary/aromatic N) is 4. The number of aromatic nitrogens is 4. The normalized spacial score (nSPS) is 10.7. The maximum atomic E-state index is 11.7. The summed E-state index contributed by atoms with van der Waals surface area (Å²) in [6, 6.07) is 3.47. The third kappa shape index (κ3) is 4.99. The van der Waals surface area contributed by atoms with Gasteiger partial charge in [-0.1, -0.05) is 12.8 Å². The molecule has 2 rings (SSSR count). The molecule has 0 aliphatic heterocycles. The summed E-state index contributed by atoms with van der Waals surface area (Å²) < 4.78 is 5.15. The van der Waals surface area contributed by atoms with Gasteiger partial charge < -0.3 is 14.8 Å². The number of unbranched alkanes of at least 4 members (excludes halogenated alkanes) is 3. The number of hydrogen-bond donors (Lipinski definition) is 2. The van der Waals surface area contributed by atoms with E-state index in [0.29, 0.717) is 18.1 Å². The van der Waals surface area contributed by atoms with Crippen molar-refractivity contribution in [1.29, 1.82) is 0 Å². The van der Waals surface area contributed by atoms with Gasteiger partial charge in [-0.2, -0.15) is 4.80 Å². The van der Waals surface area contributed by atoms with Gasteiger partial charge in [-0.25, -0.2) is 0 Å². The predicted octanol–water partition coefficient (Wildman–Crippen LogP) is 0.602. The molecule has 114 valence electrons. The standard InChI is InChI=1S/C13H19N5O3/c19-8-4-2-1-3-7-14-12(20)10-18-16-13(15-17-18)11-6-5-9-21-11/h5-6,9,19H,1-4,7-8,10H2,(H,14,20). The van der Waals surface area contributed by atoms with Gasteiger partial charge in [-0.05, 0) is 30.2 Å². The van der Waals surface area contributed by atoms with E-state index in [-0.39, 0.29) is 19.1 Å². The van der Waals surface area contributed by atoms with Crippen molar-refractivity contribution in [2.45, 2.75) is 32.2 Å². The average molecular weight is 293 g/mol. The van der Waals surface area contributed by atoms with Gasteiger partial charge in [0.05, 0.1) is 6.26 Å². The van der Waals surface area contributed by atoms with E-state index in [0.717, 1.165) is 25.7 Å². The number of carbonyl (C=O) groups is 1. The number of furan rings is 1. The van der Waals surface area contributed by atoms with Crippen LogP contribution in [0.25, 0.3) is 11.6 Å². The largest absolute Gasteiger partial charge is 0.461 e. The molecular formula is C13H19N5O3. The number of rotatable bonds is 9. The number of carbonyl (C=O) groups excluding carboxylic acids is 1. The fraction of sp³-hybridized carbons (Fsp3) is 0.538. The van der Waals surface area contributed by atoms with Gasteiger partial charge in [-0.3, -0.25) is 4.79 Å². The topological polar surface area (TPSA) is 106 Å². The molecule has 0 unspecified atom stereocenters. The quantitative estimate of drug-likeness (QED) is 0.656. The SMILES string of the molecule is O=C(Cn1nnc(-c2ccco2)n1)NCCCCCCO. The lowest BCUT2D eigenvalue weighted by Gasteiger charge is -2.03. The molecule has 0 aliphatic carbocycles. The highest BCUT2D eigenvalue weighted by molar-refractivity contribution is 5.75. The maximum Gasteiger partial charge on any atom is 0.243 e. The van der Waals surface area contributed by atoms with E-state index in [1.165, 1.54) is 11.1 Å². The van der Waals surface area contributed by atoms with Gasteiger partial charge in [0.2, 0.25) is 11.7 Å². The zero-order valence-corrected chi connectivity index (χ0v) is 11.7. The summed E-state index contributed by atoms with van der Waals surface area (Å²) in [5.41, 5.74) is 0. The first-order valence-corrected chi connectivity index (χ1v) is 6.99. The summed E-state index contributed by atoms with van der Waals surface area (Å²) in [6.45, 7) is 0.872. The van der Waals surface area contributed by atoms with Crippen LogP contribution in [0.1, 0.15) is 25.7 Å². The van der Waals surface area contributed by atoms with E-state index in [1.807, 2.05) is 0 Å². The van der Waals surface area contributed by atoms with E-state index in [4.69, 9.17) is 9.52 Å². The smallest absolute Gasteiger partial charge is 0.243 e. The summed E-state index contributed by atoms with van der Waals surface area (Å²) in [5.74, 6) is 0.725. The molecule has 0 radical (unpaired) electrons. The lowest BCUT2D eigenvalue weighted by molar-refractivity contribution is -0.122. The first kappa shape index (κ1) is 15.2. The number of nitrogens with one attached hydrogen (secondary N) is 1. The molecule has 8 nitrogen and oxygen atoms in total. The molecule has 21 heavy (non-hydrogen) atoms. The van der Waals surface area contributed by atoms with Crippen LogP contribution in [0.15, 0.2) is 22.8 Å². The molecule has 8 heteroatoms. The van der Waals surface area contributed by atoms with Crippen LogP contribution in [0, 0.1) is 0 Å². The Morgan fingerprint density at radius 1 is 1.33 bits per heavy atom. The number of aliphatic hydroxyl groups excluding tert-OH is 1. The summed E-state index contributed by atoms with van der Waals surface area (Å²) in [5, 5.41) is 23.2. The Labute approximate surface area is 122 Å². The Kier molecular flexibility index (Phi) is 5.89. The van der Waals surface area contributed by atoms with Crippen LogP contribution >= 0.6 is 0 Å². The van der Waals surface area contributed by atoms with Crippen molar-refractivity contribution in [3.63, 3.8) is 0 Å². The fourth-order valence-electron chi connectivity index (χ4n) is 1.82. The summed E-state index contributed by atoms with van der Waals surface area (Å²) in [4.78, 5) is 12.9. The van der Waals surface area contributed by atoms with Crippen molar-refractivity contribution in [2.24, 2.45) is 0 Å². The molecule has 2 aromatic rings. The van der Waals surface area contributed by atoms with E-state index in [9.17, 15) is 4.79 Å². The third-order valence-corrected chi connectivity index (χ3v) is 2.89. The van der Waals surface area contributed by atoms with Gasteiger partial charge in [-0.15, -0.1) is 10.2 Å². The van der Waals surface area contributed by atoms with Gasteiger partial charge in [0, 0.05) is 13.2 Å². The van der Waals surface area contributed by atoms with E-state index in [2.05, 4.69) is 20.7 Å². The summed E-state index contributed by atoms with van der Waals surface area (Å²) in [6.07, 6.45) is 5.20. The van der Waals surface area contributed by atoms with Crippen LogP contribution in [0.3, 0.4) is 0 Å². The minimum atomic E-state index is -0.152. The number of tetrazole rings is 1. The second-order valence-electron chi connectivity index (χ2n) is 4.61. The van der Waals surface area contributed by atoms with E-state index in [1.54, 1.807) is 12.1 Å². The first-order chi connectivity index (χ1) is 10.3. The number of aliphatic hydroxyl groups is 1. The Morgan fingerprint density at radius 3 is 2.95 bits per heavy atom. The lowest BCUT2D eigenvalue weighted by atomic mass is 10.2. The molecule has 0 spiro atoms. The average Bonchev–Trinajstić information content (AvgIpc) is 3.13. The molecule has 0 saturated heterocycles. The second-order valence-corrected chi connectivity index (χ2v) is 4.61. The van der Waals surface area contributed by atoms with Crippen molar-refractivity contribution < 1.29 is 14.3 Å². The molecule has 0 aromatic carbocycles. The van der Waals surface area contributed by atoms with Crippen molar-refractivity contribution in [3.8, 4) is 11.6 Å². The van der Waals surface area contributed by atoms with Crippen molar-refractivity contribution in [3.05, 3.63) is 18.4 Å². The number of amides is 1. The molecule has 1 amide bonds. The van der Waals surface area contributed by atoms with Crippen LogP contribution < -0.4 is 5.32 Å².